The zero-order valence-electron chi connectivity index (χ0n) is 23.3. The van der Waals surface area contributed by atoms with Gasteiger partial charge in [-0.25, -0.2) is 14.6 Å². The number of piperidine rings is 1. The maximum atomic E-state index is 5.98. The molecule has 1 spiro atoms. The van der Waals surface area contributed by atoms with E-state index in [9.17, 15) is 0 Å². The molecule has 37 heavy (non-hydrogen) atoms. The molecule has 2 unspecified atom stereocenters. The molecular formula is C27H44N8OS. The zero-order valence-corrected chi connectivity index (χ0v) is 24.2. The number of aryl methyl sites for hydroxylation is 1. The van der Waals surface area contributed by atoms with E-state index in [0.29, 0.717) is 0 Å². The highest BCUT2D eigenvalue weighted by Gasteiger charge is 2.48. The number of anilines is 1. The molecule has 1 N–H and O–H groups in total. The summed E-state index contributed by atoms with van der Waals surface area (Å²) in [6, 6.07) is 2.33. The van der Waals surface area contributed by atoms with Gasteiger partial charge in [0.1, 0.15) is 11.3 Å². The largest absolute Gasteiger partial charge is 0.356 e. The van der Waals surface area contributed by atoms with Crippen LogP contribution in [-0.2, 0) is 11.3 Å². The van der Waals surface area contributed by atoms with Gasteiger partial charge in [0.2, 0.25) is 0 Å². The summed E-state index contributed by atoms with van der Waals surface area (Å²) < 4.78 is 13.3. The number of nitrogens with one attached hydrogen (secondary N) is 1. The van der Waals surface area contributed by atoms with Gasteiger partial charge in [-0.1, -0.05) is 47.4 Å². The number of rotatable bonds is 3. The molecule has 0 aliphatic carbocycles. The van der Waals surface area contributed by atoms with Crippen molar-refractivity contribution in [2.75, 3.05) is 24.6 Å². The summed E-state index contributed by atoms with van der Waals surface area (Å²) in [5.41, 5.74) is 3.98. The smallest absolute Gasteiger partial charge is 0.181 e. The van der Waals surface area contributed by atoms with Crippen molar-refractivity contribution >= 4 is 29.8 Å². The Labute approximate surface area is 226 Å². The van der Waals surface area contributed by atoms with Crippen LogP contribution in [0.1, 0.15) is 90.4 Å². The van der Waals surface area contributed by atoms with Crippen molar-refractivity contribution < 1.29 is 4.74 Å². The van der Waals surface area contributed by atoms with Crippen molar-refractivity contribution in [1.29, 1.82) is 0 Å². The first-order valence-corrected chi connectivity index (χ1v) is 14.4. The first-order valence-electron chi connectivity index (χ1n) is 13.9. The third-order valence-electron chi connectivity index (χ3n) is 7.32. The lowest BCUT2D eigenvalue weighted by molar-refractivity contribution is -0.0371. The Hall–Kier alpha value is -2.17. The molecule has 0 amide bonds. The van der Waals surface area contributed by atoms with Crippen LogP contribution in [0.2, 0.25) is 0 Å². The van der Waals surface area contributed by atoms with Crippen molar-refractivity contribution in [3.05, 3.63) is 29.8 Å². The van der Waals surface area contributed by atoms with Gasteiger partial charge in [0.25, 0.3) is 0 Å². The Balaban J connectivity index is 0.000000490. The maximum Gasteiger partial charge on any atom is 0.181 e. The quantitative estimate of drug-likeness (QED) is 0.435. The molecule has 10 heteroatoms. The number of hydrogen-bond donors (Lipinski definition) is 2. The first kappa shape index (κ1) is 27.9. The van der Waals surface area contributed by atoms with E-state index >= 15 is 0 Å². The molecule has 0 aromatic carbocycles. The Morgan fingerprint density at radius 2 is 1.89 bits per heavy atom. The number of hydrogen-bond acceptors (Lipinski definition) is 8. The van der Waals surface area contributed by atoms with E-state index in [1.807, 2.05) is 37.8 Å². The normalized spacial score (nSPS) is 22.4. The van der Waals surface area contributed by atoms with E-state index in [-0.39, 0.29) is 17.7 Å². The third-order valence-corrected chi connectivity index (χ3v) is 7.58. The summed E-state index contributed by atoms with van der Waals surface area (Å²) in [6.45, 7) is 16.1. The maximum absolute atomic E-state index is 5.98. The molecule has 204 valence electrons. The molecule has 2 saturated heterocycles. The molecule has 0 bridgehead atoms. The van der Waals surface area contributed by atoms with E-state index < -0.39 is 0 Å². The van der Waals surface area contributed by atoms with Crippen LogP contribution in [0.25, 0.3) is 11.2 Å². The third kappa shape index (κ3) is 5.66. The Kier molecular flexibility index (Phi) is 9.13. The molecule has 6 heterocycles. The molecule has 2 atom stereocenters. The van der Waals surface area contributed by atoms with E-state index in [2.05, 4.69) is 59.1 Å². The van der Waals surface area contributed by atoms with Gasteiger partial charge < -0.3 is 9.64 Å². The minimum Gasteiger partial charge on any atom is -0.356 e. The van der Waals surface area contributed by atoms with Crippen LogP contribution in [0, 0.1) is 18.3 Å². The van der Waals surface area contributed by atoms with Crippen molar-refractivity contribution in [3.63, 3.8) is 0 Å². The topological polar surface area (TPSA) is 85.9 Å². The molecule has 3 aromatic heterocycles. The van der Waals surface area contributed by atoms with E-state index in [4.69, 9.17) is 19.8 Å². The van der Waals surface area contributed by atoms with Crippen LogP contribution in [0.15, 0.2) is 18.5 Å². The molecule has 2 fully saturated rings. The van der Waals surface area contributed by atoms with E-state index in [1.54, 1.807) is 0 Å². The van der Waals surface area contributed by atoms with Gasteiger partial charge in [-0.05, 0) is 51.0 Å². The summed E-state index contributed by atoms with van der Waals surface area (Å²) in [7, 11) is 0. The number of fused-ring (bicyclic) bond motifs is 2. The first-order chi connectivity index (χ1) is 17.9. The molecule has 3 aliphatic heterocycles. The summed E-state index contributed by atoms with van der Waals surface area (Å²) in [5, 5.41) is 9.21. The monoisotopic (exact) mass is 528 g/mol. The van der Waals surface area contributed by atoms with Crippen LogP contribution in [-0.4, -0.2) is 49.2 Å². The molecule has 0 saturated carbocycles. The van der Waals surface area contributed by atoms with E-state index in [0.717, 1.165) is 86.9 Å². The Morgan fingerprint density at radius 1 is 1.16 bits per heavy atom. The zero-order chi connectivity index (χ0) is 26.6. The van der Waals surface area contributed by atoms with Crippen molar-refractivity contribution in [1.82, 2.24) is 34.3 Å². The second-order valence-corrected chi connectivity index (χ2v) is 11.1. The minimum atomic E-state index is -0.0397. The average Bonchev–Trinajstić information content (AvgIpc) is 3.57. The van der Waals surface area contributed by atoms with Gasteiger partial charge >= 0.3 is 0 Å². The Bertz CT molecular complexity index is 1140. The molecule has 3 aromatic rings. The summed E-state index contributed by atoms with van der Waals surface area (Å²) in [4.78, 5) is 12.1. The van der Waals surface area contributed by atoms with Gasteiger partial charge in [0, 0.05) is 37.9 Å². The lowest BCUT2D eigenvalue weighted by Crippen LogP contribution is -2.45. The number of thiol groups is 1. The van der Waals surface area contributed by atoms with Gasteiger partial charge in [-0.2, -0.15) is 10.2 Å². The molecule has 3 aliphatic rings. The van der Waals surface area contributed by atoms with Crippen molar-refractivity contribution in [2.45, 2.75) is 92.5 Å². The fourth-order valence-electron chi connectivity index (χ4n) is 5.57. The van der Waals surface area contributed by atoms with Crippen molar-refractivity contribution in [2.24, 2.45) is 11.3 Å². The van der Waals surface area contributed by atoms with Gasteiger partial charge in [0.05, 0.1) is 23.6 Å². The average molecular weight is 529 g/mol. The second kappa shape index (κ2) is 12.1. The Morgan fingerprint density at radius 3 is 2.54 bits per heavy atom. The fraction of sp³-hybridized carbons (Fsp3) is 0.704. The standard InChI is InChI=1S/C21H28N8OS.C4H10.C2H6/c1-14-18-20(29(25-14)17-4-2-3-11-30-17)24-16(12-22-18)27-9-6-21(7-10-27)13-28-15(5-8-23-28)19(21)26-31;1-4(2)3;1-2/h5,8,12,17,19,26,31H,2-4,6-7,9-11,13H2,1H3;4H,1-3H3;1-2H3. The highest BCUT2D eigenvalue weighted by atomic mass is 32.1. The van der Waals surface area contributed by atoms with Gasteiger partial charge in [-0.15, -0.1) is 0 Å². The predicted octanol–water partition coefficient (Wildman–Crippen LogP) is 5.49. The highest BCUT2D eigenvalue weighted by Crippen LogP contribution is 2.49. The van der Waals surface area contributed by atoms with Crippen molar-refractivity contribution in [3.8, 4) is 0 Å². The van der Waals surface area contributed by atoms with Crippen LogP contribution < -0.4 is 9.62 Å². The van der Waals surface area contributed by atoms with Crippen LogP contribution in [0.5, 0.6) is 0 Å². The second-order valence-electron chi connectivity index (χ2n) is 10.8. The fourth-order valence-corrected chi connectivity index (χ4v) is 5.97. The lowest BCUT2D eigenvalue weighted by Gasteiger charge is -2.42. The van der Waals surface area contributed by atoms with E-state index in [1.165, 1.54) is 5.69 Å². The molecule has 6 rings (SSSR count). The number of ether oxygens (including phenoxy) is 1. The summed E-state index contributed by atoms with van der Waals surface area (Å²) in [5.74, 6) is 1.76. The highest BCUT2D eigenvalue weighted by molar-refractivity contribution is 7.78. The number of aromatic nitrogens is 6. The minimum absolute atomic E-state index is 0.0397. The van der Waals surface area contributed by atoms with Gasteiger partial charge in [-0.3, -0.25) is 9.40 Å². The SMILES string of the molecule is CC.CC(C)C.Cc1nn(C2CCCCO2)c2nc(N3CCC4(CC3)Cn3nccc3C4NS)cnc12. The molecule has 9 nitrogen and oxygen atoms in total. The number of nitrogens with zero attached hydrogens (tertiary/aromatic N) is 7. The summed E-state index contributed by atoms with van der Waals surface area (Å²) in [6.07, 6.45) is 9.09. The summed E-state index contributed by atoms with van der Waals surface area (Å²) >= 11 is 4.45. The van der Waals surface area contributed by atoms with Crippen LogP contribution in [0.4, 0.5) is 5.82 Å². The predicted molar refractivity (Wildman–Crippen MR) is 152 cm³/mol. The molecule has 0 radical (unpaired) electrons. The van der Waals surface area contributed by atoms with Crippen LogP contribution in [0.3, 0.4) is 0 Å². The lowest BCUT2D eigenvalue weighted by atomic mass is 9.73. The molecular weight excluding hydrogens is 484 g/mol. The van der Waals surface area contributed by atoms with Crippen LogP contribution >= 0.6 is 12.8 Å². The van der Waals surface area contributed by atoms with Gasteiger partial charge in [0.15, 0.2) is 11.9 Å².